The van der Waals surface area contributed by atoms with Crippen LogP contribution in [-0.2, 0) is 9.84 Å². The zero-order valence-electron chi connectivity index (χ0n) is 13.3. The van der Waals surface area contributed by atoms with E-state index in [1.807, 2.05) is 6.07 Å². The molecule has 0 spiro atoms. The van der Waals surface area contributed by atoms with Crippen LogP contribution in [-0.4, -0.2) is 31.4 Å². The molecule has 0 amide bonds. The highest BCUT2D eigenvalue weighted by Crippen LogP contribution is 2.22. The number of hydrogen-bond acceptors (Lipinski definition) is 9. The third-order valence-electron chi connectivity index (χ3n) is 3.10. The number of ether oxygens (including phenoxy) is 1. The number of nitriles is 2. The van der Waals surface area contributed by atoms with Gasteiger partial charge in [0.25, 0.3) is 0 Å². The van der Waals surface area contributed by atoms with Crippen molar-refractivity contribution >= 4 is 32.8 Å². The monoisotopic (exact) mass is 375 g/mol. The van der Waals surface area contributed by atoms with Crippen molar-refractivity contribution in [1.29, 1.82) is 10.5 Å². The van der Waals surface area contributed by atoms with Crippen LogP contribution in [0, 0.1) is 29.6 Å². The second kappa shape index (κ2) is 7.75. The maximum Gasteiger partial charge on any atom is 0.204 e. The second-order valence-corrected chi connectivity index (χ2v) is 7.68. The Morgan fingerprint density at radius 3 is 2.60 bits per heavy atom. The number of nitrogens with zero attached hydrogens (tertiary/aromatic N) is 4. The number of hydrogen-bond donors (Lipinski definition) is 1. The molecule has 1 N–H and O–H groups in total. The molecule has 0 atom stereocenters. The zero-order chi connectivity index (χ0) is 18.4. The molecule has 0 saturated carbocycles. The van der Waals surface area contributed by atoms with Crippen molar-refractivity contribution in [2.24, 2.45) is 5.10 Å². The molecule has 0 fully saturated rings. The number of sulfone groups is 1. The summed E-state index contributed by atoms with van der Waals surface area (Å²) in [7, 11) is -2.41. The van der Waals surface area contributed by atoms with Gasteiger partial charge in [0.15, 0.2) is 10.7 Å². The molecule has 2 aromatic rings. The largest absolute Gasteiger partial charge is 0.497 e. The molecule has 10 heteroatoms. The highest BCUT2D eigenvalue weighted by Gasteiger charge is 2.26. The fraction of sp³-hybridized carbons (Fsp3) is 0.200. The van der Waals surface area contributed by atoms with Crippen LogP contribution >= 0.6 is 11.5 Å². The number of hydrazone groups is 1. The predicted molar refractivity (Wildman–Crippen MR) is 93.3 cm³/mol. The molecule has 1 aromatic carbocycles. The van der Waals surface area contributed by atoms with Crippen molar-refractivity contribution in [3.63, 3.8) is 0 Å². The van der Waals surface area contributed by atoms with Crippen LogP contribution in [0.25, 0.3) is 0 Å². The number of methoxy groups -OCH3 is 1. The molecular formula is C15H13N5O3S2. The van der Waals surface area contributed by atoms with E-state index in [4.69, 9.17) is 15.3 Å². The molecule has 0 saturated heterocycles. The van der Waals surface area contributed by atoms with Gasteiger partial charge in [-0.1, -0.05) is 0 Å². The van der Waals surface area contributed by atoms with Crippen molar-refractivity contribution in [2.75, 3.05) is 18.3 Å². The van der Waals surface area contributed by atoms with Crippen LogP contribution in [0.3, 0.4) is 0 Å². The molecule has 8 nitrogen and oxygen atoms in total. The van der Waals surface area contributed by atoms with Gasteiger partial charge in [-0.15, -0.1) is 0 Å². The summed E-state index contributed by atoms with van der Waals surface area (Å²) in [5, 5.41) is 21.7. The SMILES string of the molecule is COc1ccc(N/N=C(/C#N)CS(=O)(=O)c2nsc(C)c2C#N)cc1. The first-order valence-corrected chi connectivity index (χ1v) is 9.29. The summed E-state index contributed by atoms with van der Waals surface area (Å²) in [4.78, 5) is 0.507. The summed E-state index contributed by atoms with van der Waals surface area (Å²) in [5.41, 5.74) is 2.94. The van der Waals surface area contributed by atoms with Gasteiger partial charge in [-0.25, -0.2) is 8.42 Å². The summed E-state index contributed by atoms with van der Waals surface area (Å²) in [5.74, 6) is 0.00498. The van der Waals surface area contributed by atoms with E-state index < -0.39 is 15.6 Å². The minimum atomic E-state index is -3.95. The Kier molecular flexibility index (Phi) is 5.70. The van der Waals surface area contributed by atoms with Crippen LogP contribution in [0.5, 0.6) is 5.75 Å². The van der Waals surface area contributed by atoms with Gasteiger partial charge in [0, 0.05) is 4.88 Å². The van der Waals surface area contributed by atoms with Gasteiger partial charge in [0.1, 0.15) is 29.2 Å². The van der Waals surface area contributed by atoms with Crippen LogP contribution in [0.4, 0.5) is 5.69 Å². The average Bonchev–Trinajstić information content (AvgIpc) is 3.00. The highest BCUT2D eigenvalue weighted by atomic mass is 32.2. The Balaban J connectivity index is 2.20. The van der Waals surface area contributed by atoms with Crippen LogP contribution in [0.15, 0.2) is 34.4 Å². The molecule has 0 radical (unpaired) electrons. The minimum absolute atomic E-state index is 0.00500. The highest BCUT2D eigenvalue weighted by molar-refractivity contribution is 7.92. The summed E-state index contributed by atoms with van der Waals surface area (Å²) in [6.45, 7) is 1.61. The lowest BCUT2D eigenvalue weighted by Crippen LogP contribution is -2.17. The number of benzene rings is 1. The molecule has 0 aliphatic carbocycles. The lowest BCUT2D eigenvalue weighted by Gasteiger charge is -2.04. The molecule has 1 heterocycles. The number of aryl methyl sites for hydroxylation is 1. The molecular weight excluding hydrogens is 362 g/mol. The Labute approximate surface area is 149 Å². The zero-order valence-corrected chi connectivity index (χ0v) is 15.0. The number of nitrogens with one attached hydrogen (secondary N) is 1. The molecule has 0 aliphatic heterocycles. The Hall–Kier alpha value is -2.95. The predicted octanol–water partition coefficient (Wildman–Crippen LogP) is 2.10. The second-order valence-electron chi connectivity index (χ2n) is 4.80. The van der Waals surface area contributed by atoms with E-state index >= 15 is 0 Å². The Bertz CT molecular complexity index is 980. The van der Waals surface area contributed by atoms with Gasteiger partial charge < -0.3 is 4.74 Å². The van der Waals surface area contributed by atoms with E-state index in [-0.39, 0.29) is 16.3 Å². The fourth-order valence-electron chi connectivity index (χ4n) is 1.83. The lowest BCUT2D eigenvalue weighted by atomic mass is 10.3. The van der Waals surface area contributed by atoms with Crippen LogP contribution in [0.2, 0.25) is 0 Å². The maximum absolute atomic E-state index is 12.4. The van der Waals surface area contributed by atoms with E-state index in [0.717, 1.165) is 11.5 Å². The number of rotatable bonds is 6. The minimum Gasteiger partial charge on any atom is -0.497 e. The van der Waals surface area contributed by atoms with E-state index in [9.17, 15) is 8.42 Å². The van der Waals surface area contributed by atoms with E-state index in [1.165, 1.54) is 7.11 Å². The van der Waals surface area contributed by atoms with E-state index in [2.05, 4.69) is 14.9 Å². The normalized spacial score (nSPS) is 11.4. The quantitative estimate of drug-likeness (QED) is 0.604. The van der Waals surface area contributed by atoms with Gasteiger partial charge in [-0.3, -0.25) is 5.43 Å². The van der Waals surface area contributed by atoms with Crippen LogP contribution in [0.1, 0.15) is 10.4 Å². The van der Waals surface area contributed by atoms with Crippen LogP contribution < -0.4 is 10.2 Å². The van der Waals surface area contributed by atoms with Gasteiger partial charge in [-0.2, -0.15) is 20.0 Å². The topological polar surface area (TPSA) is 128 Å². The molecule has 0 unspecified atom stereocenters. The first-order valence-electron chi connectivity index (χ1n) is 6.87. The summed E-state index contributed by atoms with van der Waals surface area (Å²) in [6, 6.07) is 10.3. The lowest BCUT2D eigenvalue weighted by molar-refractivity contribution is 0.415. The van der Waals surface area contributed by atoms with Gasteiger partial charge >= 0.3 is 0 Å². The van der Waals surface area contributed by atoms with Gasteiger partial charge in [0.2, 0.25) is 9.84 Å². The van der Waals surface area contributed by atoms with Crippen molar-refractivity contribution in [3.8, 4) is 17.9 Å². The smallest absolute Gasteiger partial charge is 0.204 e. The average molecular weight is 375 g/mol. The summed E-state index contributed by atoms with van der Waals surface area (Å²) >= 11 is 0.929. The third-order valence-corrected chi connectivity index (χ3v) is 5.51. The molecule has 1 aromatic heterocycles. The molecule has 0 aliphatic rings. The van der Waals surface area contributed by atoms with Gasteiger partial charge in [-0.05, 0) is 42.7 Å². The van der Waals surface area contributed by atoms with Gasteiger partial charge in [0.05, 0.1) is 12.8 Å². The molecule has 128 valence electrons. The Morgan fingerprint density at radius 2 is 2.04 bits per heavy atom. The van der Waals surface area contributed by atoms with Crippen molar-refractivity contribution in [3.05, 3.63) is 34.7 Å². The summed E-state index contributed by atoms with van der Waals surface area (Å²) < 4.78 is 33.7. The van der Waals surface area contributed by atoms with Crippen molar-refractivity contribution < 1.29 is 13.2 Å². The number of anilines is 1. The number of aromatic nitrogens is 1. The molecule has 0 bridgehead atoms. The van der Waals surface area contributed by atoms with Crippen molar-refractivity contribution in [1.82, 2.24) is 4.37 Å². The fourth-order valence-corrected chi connectivity index (χ4v) is 4.14. The Morgan fingerprint density at radius 1 is 1.36 bits per heavy atom. The molecule has 2 rings (SSSR count). The standard InChI is InChI=1S/C15H13N5O3S2/c1-10-14(8-17)15(20-24-10)25(21,22)9-12(7-16)19-18-11-3-5-13(23-2)6-4-11/h3-6,18H,9H2,1-2H3/b19-12-. The van der Waals surface area contributed by atoms with Crippen molar-refractivity contribution in [2.45, 2.75) is 11.9 Å². The summed E-state index contributed by atoms with van der Waals surface area (Å²) in [6.07, 6.45) is 0. The third kappa shape index (κ3) is 4.32. The van der Waals surface area contributed by atoms with E-state index in [1.54, 1.807) is 37.3 Å². The molecule has 25 heavy (non-hydrogen) atoms. The first-order chi connectivity index (χ1) is 11.9. The first kappa shape index (κ1) is 18.4. The van der Waals surface area contributed by atoms with E-state index in [0.29, 0.717) is 16.3 Å². The maximum atomic E-state index is 12.4.